The van der Waals surface area contributed by atoms with Gasteiger partial charge in [0.2, 0.25) is 0 Å². The number of esters is 2. The maximum Gasteiger partial charge on any atom is 0.331 e. The van der Waals surface area contributed by atoms with Crippen molar-refractivity contribution >= 4 is 35.1 Å². The standard InChI is InChI=1S/C20H24O8/c1-13(21)11-17-7-3-15(23)6-10-20(26)28-18(12-14(2)22)8-4-16(24)5-9-19(25)27-17/h5-6,9-10,17-18H,3-4,7-8,11-12H2,1-2H3/b9-5-,10-6-. The predicted octanol–water partition coefficient (Wildman–Crippen LogP) is 1.59. The van der Waals surface area contributed by atoms with Gasteiger partial charge < -0.3 is 9.47 Å². The minimum absolute atomic E-state index is 0.0471. The van der Waals surface area contributed by atoms with Crippen molar-refractivity contribution in [1.82, 2.24) is 0 Å². The number of cyclic esters (lactones) is 2. The van der Waals surface area contributed by atoms with Gasteiger partial charge in [0.1, 0.15) is 23.8 Å². The third kappa shape index (κ3) is 10.3. The number of ether oxygens (including phenoxy) is 2. The summed E-state index contributed by atoms with van der Waals surface area (Å²) in [5, 5.41) is 0. The zero-order chi connectivity index (χ0) is 21.1. The second-order valence-corrected chi connectivity index (χ2v) is 6.61. The number of rotatable bonds is 4. The van der Waals surface area contributed by atoms with Crippen LogP contribution in [0, 0.1) is 0 Å². The molecule has 2 unspecified atom stereocenters. The fourth-order valence-electron chi connectivity index (χ4n) is 2.55. The molecule has 0 saturated heterocycles. The summed E-state index contributed by atoms with van der Waals surface area (Å²) < 4.78 is 10.3. The normalized spacial score (nSPS) is 24.8. The van der Waals surface area contributed by atoms with Crippen LogP contribution >= 0.6 is 0 Å². The van der Waals surface area contributed by atoms with Crippen molar-refractivity contribution in [1.29, 1.82) is 0 Å². The second kappa shape index (κ2) is 11.7. The highest BCUT2D eigenvalue weighted by molar-refractivity contribution is 5.97. The van der Waals surface area contributed by atoms with E-state index in [4.69, 9.17) is 9.47 Å². The number of allylic oxidation sites excluding steroid dienone is 2. The number of ketones is 4. The Balaban J connectivity index is 2.95. The van der Waals surface area contributed by atoms with Crippen molar-refractivity contribution in [3.8, 4) is 0 Å². The summed E-state index contributed by atoms with van der Waals surface area (Å²) in [6, 6.07) is 0. The lowest BCUT2D eigenvalue weighted by Gasteiger charge is -2.16. The van der Waals surface area contributed by atoms with Gasteiger partial charge in [0.15, 0.2) is 11.6 Å². The number of hydrogen-bond donors (Lipinski definition) is 0. The van der Waals surface area contributed by atoms with E-state index in [2.05, 4.69) is 0 Å². The molecule has 1 heterocycles. The van der Waals surface area contributed by atoms with E-state index in [9.17, 15) is 28.8 Å². The van der Waals surface area contributed by atoms with Crippen molar-refractivity contribution in [3.05, 3.63) is 24.3 Å². The SMILES string of the molecule is CC(=O)CC1CCC(=O)/C=C\C(=O)OC(CC(C)=O)CCC(=O)/C=C\C(=O)O1. The van der Waals surface area contributed by atoms with Gasteiger partial charge in [0.05, 0.1) is 0 Å². The van der Waals surface area contributed by atoms with Crippen molar-refractivity contribution in [2.75, 3.05) is 0 Å². The molecule has 0 aromatic heterocycles. The van der Waals surface area contributed by atoms with Gasteiger partial charge in [0.25, 0.3) is 0 Å². The van der Waals surface area contributed by atoms with Gasteiger partial charge in [-0.25, -0.2) is 9.59 Å². The molecule has 0 N–H and O–H groups in total. The Bertz CT molecular complexity index is 641. The van der Waals surface area contributed by atoms with Crippen LogP contribution < -0.4 is 0 Å². The molecule has 2 atom stereocenters. The fraction of sp³-hybridized carbons (Fsp3) is 0.500. The molecular formula is C20H24O8. The highest BCUT2D eigenvalue weighted by Crippen LogP contribution is 2.12. The maximum atomic E-state index is 11.9. The first kappa shape index (κ1) is 23.1. The van der Waals surface area contributed by atoms with Crippen LogP contribution in [0.15, 0.2) is 24.3 Å². The van der Waals surface area contributed by atoms with Gasteiger partial charge in [-0.05, 0) is 38.8 Å². The van der Waals surface area contributed by atoms with Crippen molar-refractivity contribution in [3.63, 3.8) is 0 Å². The summed E-state index contributed by atoms with van der Waals surface area (Å²) in [7, 11) is 0. The van der Waals surface area contributed by atoms with Crippen LogP contribution in [0.1, 0.15) is 52.4 Å². The van der Waals surface area contributed by atoms with Crippen LogP contribution in [0.4, 0.5) is 0 Å². The molecule has 0 spiro atoms. The Hall–Kier alpha value is -2.90. The Morgan fingerprint density at radius 1 is 0.750 bits per heavy atom. The third-order valence-electron chi connectivity index (χ3n) is 3.83. The summed E-state index contributed by atoms with van der Waals surface area (Å²) >= 11 is 0. The molecule has 1 aliphatic heterocycles. The Morgan fingerprint density at radius 3 is 1.43 bits per heavy atom. The number of Topliss-reactive ketones (excluding diaryl/α,β-unsaturated/α-hetero) is 2. The third-order valence-corrected chi connectivity index (χ3v) is 3.83. The second-order valence-electron chi connectivity index (χ2n) is 6.61. The van der Waals surface area contributed by atoms with Crippen molar-refractivity contribution < 1.29 is 38.2 Å². The van der Waals surface area contributed by atoms with E-state index in [-0.39, 0.29) is 50.1 Å². The summed E-state index contributed by atoms with van der Waals surface area (Å²) in [6.07, 6.45) is 2.36. The molecule has 0 aromatic carbocycles. The van der Waals surface area contributed by atoms with Crippen molar-refractivity contribution in [2.45, 2.75) is 64.6 Å². The first-order valence-electron chi connectivity index (χ1n) is 8.97. The van der Waals surface area contributed by atoms with E-state index in [1.54, 1.807) is 0 Å². The van der Waals surface area contributed by atoms with E-state index in [0.29, 0.717) is 0 Å². The molecule has 0 bridgehead atoms. The molecule has 0 aliphatic carbocycles. The zero-order valence-corrected chi connectivity index (χ0v) is 16.0. The lowest BCUT2D eigenvalue weighted by Crippen LogP contribution is -2.22. The first-order valence-corrected chi connectivity index (χ1v) is 8.97. The summed E-state index contributed by atoms with van der Waals surface area (Å²) in [6.45, 7) is 2.67. The van der Waals surface area contributed by atoms with E-state index in [1.807, 2.05) is 0 Å². The molecule has 0 amide bonds. The van der Waals surface area contributed by atoms with Gasteiger partial charge in [-0.1, -0.05) is 0 Å². The molecule has 8 heteroatoms. The van der Waals surface area contributed by atoms with Gasteiger partial charge in [-0.2, -0.15) is 0 Å². The molecule has 8 nitrogen and oxygen atoms in total. The van der Waals surface area contributed by atoms with Crippen molar-refractivity contribution in [2.24, 2.45) is 0 Å². The Kier molecular flexibility index (Phi) is 9.70. The average molecular weight is 392 g/mol. The molecule has 28 heavy (non-hydrogen) atoms. The lowest BCUT2D eigenvalue weighted by atomic mass is 10.1. The highest BCUT2D eigenvalue weighted by atomic mass is 16.5. The zero-order valence-electron chi connectivity index (χ0n) is 16.0. The fourth-order valence-corrected chi connectivity index (χ4v) is 2.55. The molecule has 1 aliphatic rings. The first-order chi connectivity index (χ1) is 13.2. The van der Waals surface area contributed by atoms with Crippen LogP contribution in [-0.4, -0.2) is 47.3 Å². The van der Waals surface area contributed by atoms with Crippen LogP contribution in [0.25, 0.3) is 0 Å². The van der Waals surface area contributed by atoms with Crippen LogP contribution in [0.3, 0.4) is 0 Å². The van der Waals surface area contributed by atoms with E-state index in [1.165, 1.54) is 13.8 Å². The Labute approximate surface area is 162 Å². The molecular weight excluding hydrogens is 368 g/mol. The monoisotopic (exact) mass is 392 g/mol. The molecule has 0 fully saturated rings. The molecule has 0 saturated carbocycles. The molecule has 0 aromatic rings. The quantitative estimate of drug-likeness (QED) is 0.661. The summed E-state index contributed by atoms with van der Waals surface area (Å²) in [4.78, 5) is 70.2. The molecule has 1 rings (SSSR count). The highest BCUT2D eigenvalue weighted by Gasteiger charge is 2.19. The summed E-state index contributed by atoms with van der Waals surface area (Å²) in [5.74, 6) is -2.81. The minimum Gasteiger partial charge on any atom is -0.459 e. The minimum atomic E-state index is -0.804. The topological polar surface area (TPSA) is 121 Å². The predicted molar refractivity (Wildman–Crippen MR) is 97.1 cm³/mol. The maximum absolute atomic E-state index is 11.9. The van der Waals surface area contributed by atoms with Crippen LogP contribution in [-0.2, 0) is 38.2 Å². The van der Waals surface area contributed by atoms with E-state index < -0.39 is 35.7 Å². The lowest BCUT2D eigenvalue weighted by molar-refractivity contribution is -0.145. The van der Waals surface area contributed by atoms with Crippen LogP contribution in [0.5, 0.6) is 0 Å². The largest absolute Gasteiger partial charge is 0.459 e. The number of hydrogen-bond acceptors (Lipinski definition) is 8. The van der Waals surface area contributed by atoms with Gasteiger partial charge in [-0.3, -0.25) is 19.2 Å². The number of carbonyl (C=O) groups is 6. The van der Waals surface area contributed by atoms with E-state index in [0.717, 1.165) is 24.3 Å². The average Bonchev–Trinajstić information content (AvgIpc) is 2.59. The van der Waals surface area contributed by atoms with E-state index >= 15 is 0 Å². The number of carbonyl (C=O) groups excluding carboxylic acids is 6. The van der Waals surface area contributed by atoms with Gasteiger partial charge in [-0.15, -0.1) is 0 Å². The summed E-state index contributed by atoms with van der Waals surface area (Å²) in [5.41, 5.74) is 0. The molecule has 152 valence electrons. The molecule has 0 radical (unpaired) electrons. The van der Waals surface area contributed by atoms with Gasteiger partial charge in [0, 0.05) is 37.8 Å². The van der Waals surface area contributed by atoms with Gasteiger partial charge >= 0.3 is 11.9 Å². The Morgan fingerprint density at radius 2 is 1.11 bits per heavy atom. The van der Waals surface area contributed by atoms with Crippen LogP contribution in [0.2, 0.25) is 0 Å². The smallest absolute Gasteiger partial charge is 0.331 e.